The molecule has 30 heavy (non-hydrogen) atoms. The second-order valence-corrected chi connectivity index (χ2v) is 5.63. The van der Waals surface area contributed by atoms with Gasteiger partial charge in [0.25, 0.3) is 0 Å². The fourth-order valence-corrected chi connectivity index (χ4v) is 1.99. The Labute approximate surface area is 153 Å². The minimum absolute atomic E-state index is 2.65. The van der Waals surface area contributed by atoms with Gasteiger partial charge in [-0.25, -0.2) is 22.0 Å². The Morgan fingerprint density at radius 3 is 1.20 bits per heavy atom. The molecule has 1 unspecified atom stereocenters. The first-order valence-electron chi connectivity index (χ1n) is 6.83. The highest BCUT2D eigenvalue weighted by Crippen LogP contribution is 2.58. The van der Waals surface area contributed by atoms with E-state index < -0.39 is 77.0 Å². The summed E-state index contributed by atoms with van der Waals surface area (Å²) in [5, 5.41) is 9.15. The van der Waals surface area contributed by atoms with E-state index in [1.54, 1.807) is 0 Å². The van der Waals surface area contributed by atoms with Crippen molar-refractivity contribution < 1.29 is 75.4 Å². The van der Waals surface area contributed by atoms with E-state index in [2.05, 4.69) is 0 Å². The van der Waals surface area contributed by atoms with Gasteiger partial charge in [0.1, 0.15) is 0 Å². The molecule has 0 radical (unpaired) electrons. The van der Waals surface area contributed by atoms with Crippen LogP contribution in [0.1, 0.15) is 18.1 Å². The minimum atomic E-state index is -7.88. The zero-order valence-electron chi connectivity index (χ0n) is 13.3. The second kappa shape index (κ2) is 7.33. The Kier molecular flexibility index (Phi) is 6.38. The number of hydrogen-bond acceptors (Lipinski definition) is 1. The van der Waals surface area contributed by atoms with Gasteiger partial charge < -0.3 is 5.11 Å². The molecule has 1 aromatic rings. The number of rotatable bonds is 6. The summed E-state index contributed by atoms with van der Waals surface area (Å²) in [5.41, 5.74) is -2.65. The highest BCUT2D eigenvalue weighted by atomic mass is 19.4. The predicted molar refractivity (Wildman–Crippen MR) is 61.7 cm³/mol. The van der Waals surface area contributed by atoms with Crippen LogP contribution in [0.25, 0.3) is 0 Å². The predicted octanol–water partition coefficient (Wildman–Crippen LogP) is 5.91. The summed E-state index contributed by atoms with van der Waals surface area (Å²) in [6.07, 6.45) is -14.9. The van der Waals surface area contributed by atoms with E-state index in [1.165, 1.54) is 0 Å². The van der Waals surface area contributed by atoms with E-state index in [-0.39, 0.29) is 0 Å². The number of aliphatic hydroxyl groups excluding tert-OH is 1. The van der Waals surface area contributed by atoms with Crippen molar-refractivity contribution in [1.29, 1.82) is 0 Å². The maximum atomic E-state index is 13.5. The summed E-state index contributed by atoms with van der Waals surface area (Å²) in [6, 6.07) is 0. The van der Waals surface area contributed by atoms with Crippen LogP contribution in [0.3, 0.4) is 0 Å². The monoisotopic (exact) mass is 480 g/mol. The van der Waals surface area contributed by atoms with Crippen LogP contribution in [-0.4, -0.2) is 35.0 Å². The van der Waals surface area contributed by atoms with Crippen LogP contribution < -0.4 is 0 Å². The number of benzene rings is 1. The number of halogens is 16. The van der Waals surface area contributed by atoms with Crippen LogP contribution in [-0.2, 0) is 0 Å². The Bertz CT molecular complexity index is 781. The van der Waals surface area contributed by atoms with Gasteiger partial charge in [-0.05, 0) is 0 Å². The molecular weight excluding hydrogens is 476 g/mol. The lowest BCUT2D eigenvalue weighted by atomic mass is 9.92. The van der Waals surface area contributed by atoms with Gasteiger partial charge in [0.2, 0.25) is 5.82 Å². The van der Waals surface area contributed by atoms with Crippen LogP contribution in [0.4, 0.5) is 70.2 Å². The van der Waals surface area contributed by atoms with Crippen molar-refractivity contribution >= 4 is 0 Å². The molecule has 0 aromatic heterocycles. The molecule has 0 aliphatic heterocycles. The van der Waals surface area contributed by atoms with Gasteiger partial charge in [0, 0.05) is 6.42 Å². The summed E-state index contributed by atoms with van der Waals surface area (Å²) < 4.78 is 206. The third-order valence-corrected chi connectivity index (χ3v) is 3.63. The molecule has 0 heterocycles. The molecule has 1 N–H and O–H groups in total. The van der Waals surface area contributed by atoms with Crippen molar-refractivity contribution in [3.05, 3.63) is 34.6 Å². The molecule has 0 spiro atoms. The average Bonchev–Trinajstić information content (AvgIpc) is 2.56. The SMILES string of the molecule is OC(CC(F)(F)C(F)(F)C(F)(F)C(F)(F)C(F)(F)F)c1c(F)c(F)c(F)c(F)c1F. The Hall–Kier alpha value is -1.94. The van der Waals surface area contributed by atoms with Gasteiger partial charge in [-0.3, -0.25) is 0 Å². The van der Waals surface area contributed by atoms with E-state index in [0.717, 1.165) is 0 Å². The molecule has 1 rings (SSSR count). The Morgan fingerprint density at radius 1 is 0.533 bits per heavy atom. The van der Waals surface area contributed by atoms with Crippen molar-refractivity contribution in [2.45, 2.75) is 42.4 Å². The van der Waals surface area contributed by atoms with Crippen molar-refractivity contribution in [2.75, 3.05) is 0 Å². The molecule has 1 atom stereocenters. The molecule has 0 saturated heterocycles. The van der Waals surface area contributed by atoms with Crippen LogP contribution >= 0.6 is 0 Å². The van der Waals surface area contributed by atoms with E-state index in [4.69, 9.17) is 5.11 Å². The number of aliphatic hydroxyl groups is 1. The second-order valence-electron chi connectivity index (χ2n) is 5.63. The fourth-order valence-electron chi connectivity index (χ4n) is 1.99. The molecule has 0 amide bonds. The molecule has 0 fully saturated rings. The van der Waals surface area contributed by atoms with Gasteiger partial charge in [-0.2, -0.15) is 48.3 Å². The van der Waals surface area contributed by atoms with Crippen molar-refractivity contribution in [3.63, 3.8) is 0 Å². The highest BCUT2D eigenvalue weighted by molar-refractivity contribution is 5.26. The third-order valence-electron chi connectivity index (χ3n) is 3.63. The molecule has 1 aromatic carbocycles. The van der Waals surface area contributed by atoms with E-state index in [0.29, 0.717) is 0 Å². The molecule has 1 nitrogen and oxygen atoms in total. The van der Waals surface area contributed by atoms with Gasteiger partial charge in [-0.15, -0.1) is 0 Å². The molecule has 0 aliphatic rings. The number of hydrogen-bond donors (Lipinski definition) is 1. The quantitative estimate of drug-likeness (QED) is 0.305. The largest absolute Gasteiger partial charge is 0.460 e. The Morgan fingerprint density at radius 2 is 0.867 bits per heavy atom. The normalized spacial score (nSPS) is 15.5. The van der Waals surface area contributed by atoms with E-state index in [1.807, 2.05) is 0 Å². The zero-order chi connectivity index (χ0) is 24.2. The topological polar surface area (TPSA) is 20.2 Å². The molecule has 174 valence electrons. The van der Waals surface area contributed by atoms with Gasteiger partial charge in [0.05, 0.1) is 11.7 Å². The van der Waals surface area contributed by atoms with Crippen molar-refractivity contribution in [3.8, 4) is 0 Å². The summed E-state index contributed by atoms with van der Waals surface area (Å²) in [7, 11) is 0. The molecule has 17 heteroatoms. The lowest BCUT2D eigenvalue weighted by Gasteiger charge is -2.37. The van der Waals surface area contributed by atoms with Crippen LogP contribution in [0.2, 0.25) is 0 Å². The Balaban J connectivity index is 3.47. The number of alkyl halides is 11. The first-order valence-corrected chi connectivity index (χ1v) is 6.83. The summed E-state index contributed by atoms with van der Waals surface area (Å²) in [6.45, 7) is 0. The minimum Gasteiger partial charge on any atom is -0.388 e. The standard InChI is InChI=1S/C13H4F16O/c14-4-3(5(15)7(17)8(18)6(4)16)2(30)1-9(19,20)10(21,22)11(23,24)12(25,26)13(27,28)29/h2,30H,1H2. The maximum Gasteiger partial charge on any atom is 0.460 e. The van der Waals surface area contributed by atoms with Gasteiger partial charge in [-0.1, -0.05) is 0 Å². The molecule has 0 saturated carbocycles. The first-order chi connectivity index (χ1) is 13.1. The van der Waals surface area contributed by atoms with E-state index in [9.17, 15) is 70.2 Å². The lowest BCUT2D eigenvalue weighted by Crippen LogP contribution is -2.66. The zero-order valence-corrected chi connectivity index (χ0v) is 13.3. The molecule has 0 bridgehead atoms. The first kappa shape index (κ1) is 26.1. The van der Waals surface area contributed by atoms with Crippen LogP contribution in [0, 0.1) is 29.1 Å². The highest BCUT2D eigenvalue weighted by Gasteiger charge is 2.87. The summed E-state index contributed by atoms with van der Waals surface area (Å²) in [5.74, 6) is -44.9. The summed E-state index contributed by atoms with van der Waals surface area (Å²) >= 11 is 0. The average molecular weight is 480 g/mol. The molecular formula is C13H4F16O. The third kappa shape index (κ3) is 3.64. The van der Waals surface area contributed by atoms with Crippen LogP contribution in [0.5, 0.6) is 0 Å². The summed E-state index contributed by atoms with van der Waals surface area (Å²) in [4.78, 5) is 0. The lowest BCUT2D eigenvalue weighted by molar-refractivity contribution is -0.423. The van der Waals surface area contributed by atoms with Gasteiger partial charge >= 0.3 is 29.9 Å². The van der Waals surface area contributed by atoms with Crippen molar-refractivity contribution in [2.24, 2.45) is 0 Å². The van der Waals surface area contributed by atoms with Gasteiger partial charge in [0.15, 0.2) is 23.3 Å². The van der Waals surface area contributed by atoms with Crippen LogP contribution in [0.15, 0.2) is 0 Å². The smallest absolute Gasteiger partial charge is 0.388 e. The fraction of sp³-hybridized carbons (Fsp3) is 0.538. The molecule has 0 aliphatic carbocycles. The van der Waals surface area contributed by atoms with E-state index >= 15 is 0 Å². The van der Waals surface area contributed by atoms with Crippen molar-refractivity contribution in [1.82, 2.24) is 0 Å². The maximum absolute atomic E-state index is 13.5.